The van der Waals surface area contributed by atoms with Crippen LogP contribution in [0.4, 0.5) is 0 Å². The molecule has 0 atom stereocenters. The molecule has 0 amide bonds. The van der Waals surface area contributed by atoms with Gasteiger partial charge in [0, 0.05) is 9.13 Å². The van der Waals surface area contributed by atoms with Gasteiger partial charge in [0.1, 0.15) is 16.8 Å². The molecule has 0 aliphatic rings. The van der Waals surface area contributed by atoms with Gasteiger partial charge in [0.25, 0.3) is 0 Å². The lowest BCUT2D eigenvalue weighted by molar-refractivity contribution is 0.337. The number of nitriles is 1. The SMILES string of the molecule is CCOc1c(I)cc(I)cc1/C=C(\C#N)C(N)=S. The van der Waals surface area contributed by atoms with Gasteiger partial charge < -0.3 is 10.5 Å². The average Bonchev–Trinajstić information content (AvgIpc) is 2.29. The highest BCUT2D eigenvalue weighted by molar-refractivity contribution is 14.1. The molecule has 0 fully saturated rings. The lowest BCUT2D eigenvalue weighted by Crippen LogP contribution is -2.10. The zero-order valence-electron chi connectivity index (χ0n) is 9.54. The maximum atomic E-state index is 8.99. The molecule has 0 aliphatic carbocycles. The van der Waals surface area contributed by atoms with E-state index in [1.165, 1.54) is 0 Å². The van der Waals surface area contributed by atoms with Gasteiger partial charge in [-0.15, -0.1) is 0 Å². The fraction of sp³-hybridized carbons (Fsp3) is 0.167. The number of benzene rings is 1. The van der Waals surface area contributed by atoms with Crippen LogP contribution in [0.15, 0.2) is 17.7 Å². The van der Waals surface area contributed by atoms with Crippen LogP contribution in [0.3, 0.4) is 0 Å². The van der Waals surface area contributed by atoms with Crippen molar-refractivity contribution < 1.29 is 4.74 Å². The van der Waals surface area contributed by atoms with Crippen LogP contribution < -0.4 is 10.5 Å². The van der Waals surface area contributed by atoms with Crippen molar-refractivity contribution in [3.05, 3.63) is 30.4 Å². The Balaban J connectivity index is 3.39. The Morgan fingerprint density at radius 3 is 2.72 bits per heavy atom. The van der Waals surface area contributed by atoms with E-state index < -0.39 is 0 Å². The summed E-state index contributed by atoms with van der Waals surface area (Å²) in [5.74, 6) is 0.752. The fourth-order valence-electron chi connectivity index (χ4n) is 1.30. The smallest absolute Gasteiger partial charge is 0.139 e. The zero-order chi connectivity index (χ0) is 13.7. The Hall–Kier alpha value is -0.400. The predicted octanol–water partition coefficient (Wildman–Crippen LogP) is 3.49. The van der Waals surface area contributed by atoms with Crippen molar-refractivity contribution in [2.24, 2.45) is 5.73 Å². The van der Waals surface area contributed by atoms with Crippen LogP contribution in [-0.2, 0) is 0 Å². The Kier molecular flexibility index (Phi) is 6.31. The molecule has 0 aliphatic heterocycles. The van der Waals surface area contributed by atoms with Crippen LogP contribution in [-0.4, -0.2) is 11.6 Å². The molecule has 0 aromatic heterocycles. The van der Waals surface area contributed by atoms with Crippen LogP contribution in [0.1, 0.15) is 12.5 Å². The number of hydrogen-bond donors (Lipinski definition) is 1. The van der Waals surface area contributed by atoms with Crippen LogP contribution in [0.25, 0.3) is 6.08 Å². The van der Waals surface area contributed by atoms with E-state index in [0.29, 0.717) is 6.61 Å². The summed E-state index contributed by atoms with van der Waals surface area (Å²) < 4.78 is 7.65. The first-order valence-corrected chi connectivity index (χ1v) is 7.59. The first-order chi connectivity index (χ1) is 8.49. The number of nitrogens with two attached hydrogens (primary N) is 1. The van der Waals surface area contributed by atoms with Gasteiger partial charge in [-0.1, -0.05) is 12.2 Å². The molecule has 94 valence electrons. The van der Waals surface area contributed by atoms with Crippen molar-refractivity contribution >= 4 is 68.5 Å². The maximum absolute atomic E-state index is 8.99. The highest BCUT2D eigenvalue weighted by Crippen LogP contribution is 2.30. The molecule has 2 N–H and O–H groups in total. The number of hydrogen-bond acceptors (Lipinski definition) is 3. The molecule has 0 unspecified atom stereocenters. The summed E-state index contributed by atoms with van der Waals surface area (Å²) in [4.78, 5) is 0.0915. The molecule has 3 nitrogen and oxygen atoms in total. The summed E-state index contributed by atoms with van der Waals surface area (Å²) in [5, 5.41) is 8.99. The molecular weight excluding hydrogens is 474 g/mol. The first-order valence-electron chi connectivity index (χ1n) is 5.03. The number of thiocarbonyl (C=S) groups is 1. The van der Waals surface area contributed by atoms with Crippen molar-refractivity contribution in [3.63, 3.8) is 0 Å². The minimum absolute atomic E-state index is 0.0915. The van der Waals surface area contributed by atoms with Crippen LogP contribution in [0, 0.1) is 18.5 Å². The molecule has 0 saturated carbocycles. The van der Waals surface area contributed by atoms with Crippen LogP contribution in [0.2, 0.25) is 0 Å². The molecule has 1 aromatic rings. The van der Waals surface area contributed by atoms with E-state index >= 15 is 0 Å². The summed E-state index contributed by atoms with van der Waals surface area (Å²) in [6.07, 6.45) is 1.66. The van der Waals surface area contributed by atoms with E-state index in [1.807, 2.05) is 25.1 Å². The van der Waals surface area contributed by atoms with Gasteiger partial charge in [-0.05, 0) is 70.3 Å². The van der Waals surface area contributed by atoms with E-state index in [4.69, 9.17) is 28.0 Å². The highest BCUT2D eigenvalue weighted by Gasteiger charge is 2.10. The molecule has 0 saturated heterocycles. The van der Waals surface area contributed by atoms with Crippen LogP contribution >= 0.6 is 57.4 Å². The van der Waals surface area contributed by atoms with Gasteiger partial charge in [-0.2, -0.15) is 5.26 Å². The van der Waals surface area contributed by atoms with E-state index in [2.05, 4.69) is 45.2 Å². The second kappa shape index (κ2) is 7.25. The second-order valence-electron chi connectivity index (χ2n) is 3.27. The lowest BCUT2D eigenvalue weighted by atomic mass is 10.1. The first kappa shape index (κ1) is 15.7. The van der Waals surface area contributed by atoms with Gasteiger partial charge in [-0.25, -0.2) is 0 Å². The van der Waals surface area contributed by atoms with E-state index in [9.17, 15) is 0 Å². The van der Waals surface area contributed by atoms with Gasteiger partial charge in [0.05, 0.1) is 15.8 Å². The predicted molar refractivity (Wildman–Crippen MR) is 93.4 cm³/mol. The lowest BCUT2D eigenvalue weighted by Gasteiger charge is -2.11. The number of ether oxygens (including phenoxy) is 1. The standard InChI is InChI=1S/C12H10I2N2OS/c1-2-17-11-7(3-8(6-15)12(16)18)4-9(13)5-10(11)14/h3-5H,2H2,1H3,(H2,16,18)/b8-3+. The molecule has 0 bridgehead atoms. The molecule has 0 heterocycles. The largest absolute Gasteiger partial charge is 0.492 e. The Morgan fingerprint density at radius 1 is 1.56 bits per heavy atom. The summed E-state index contributed by atoms with van der Waals surface area (Å²) in [7, 11) is 0. The molecule has 0 spiro atoms. The molecule has 1 rings (SSSR count). The zero-order valence-corrected chi connectivity index (χ0v) is 14.7. The quantitative estimate of drug-likeness (QED) is 0.308. The fourth-order valence-corrected chi connectivity index (χ4v) is 3.45. The van der Waals surface area contributed by atoms with Gasteiger partial charge in [0.2, 0.25) is 0 Å². The number of nitrogens with zero attached hydrogens (tertiary/aromatic N) is 1. The van der Waals surface area contributed by atoms with E-state index in [-0.39, 0.29) is 10.6 Å². The monoisotopic (exact) mass is 484 g/mol. The number of rotatable bonds is 4. The summed E-state index contributed by atoms with van der Waals surface area (Å²) in [6.45, 7) is 2.48. The minimum Gasteiger partial charge on any atom is -0.492 e. The molecule has 1 aromatic carbocycles. The molecule has 0 radical (unpaired) electrons. The summed E-state index contributed by atoms with van der Waals surface area (Å²) in [5.41, 5.74) is 6.59. The van der Waals surface area contributed by atoms with Crippen molar-refractivity contribution in [2.75, 3.05) is 6.61 Å². The highest BCUT2D eigenvalue weighted by atomic mass is 127. The van der Waals surface area contributed by atoms with Crippen molar-refractivity contribution in [2.45, 2.75) is 6.92 Å². The van der Waals surface area contributed by atoms with Crippen molar-refractivity contribution in [3.8, 4) is 11.8 Å². The topological polar surface area (TPSA) is 59.0 Å². The van der Waals surface area contributed by atoms with Crippen molar-refractivity contribution in [1.82, 2.24) is 0 Å². The Labute approximate surface area is 139 Å². The number of halogens is 2. The van der Waals surface area contributed by atoms with Crippen LogP contribution in [0.5, 0.6) is 5.75 Å². The third-order valence-corrected chi connectivity index (χ3v) is 3.66. The van der Waals surface area contributed by atoms with E-state index in [1.54, 1.807) is 6.08 Å². The third-order valence-electron chi connectivity index (χ3n) is 2.01. The van der Waals surface area contributed by atoms with Crippen molar-refractivity contribution in [1.29, 1.82) is 5.26 Å². The average molecular weight is 484 g/mol. The summed E-state index contributed by atoms with van der Waals surface area (Å²) >= 11 is 9.25. The third kappa shape index (κ3) is 4.07. The maximum Gasteiger partial charge on any atom is 0.139 e. The second-order valence-corrected chi connectivity index (χ2v) is 6.12. The molecular formula is C12H10I2N2OS. The van der Waals surface area contributed by atoms with E-state index in [0.717, 1.165) is 18.5 Å². The minimum atomic E-state index is 0.0915. The Bertz CT molecular complexity index is 550. The summed E-state index contributed by atoms with van der Waals surface area (Å²) in [6, 6.07) is 5.94. The normalized spacial score (nSPS) is 10.9. The molecule has 18 heavy (non-hydrogen) atoms. The Morgan fingerprint density at radius 2 is 2.22 bits per heavy atom. The van der Waals surface area contributed by atoms with Gasteiger partial charge in [0.15, 0.2) is 0 Å². The molecule has 6 heteroatoms. The van der Waals surface area contributed by atoms with Gasteiger partial charge >= 0.3 is 0 Å². The van der Waals surface area contributed by atoms with Gasteiger partial charge in [-0.3, -0.25) is 0 Å².